The second kappa shape index (κ2) is 3.05. The maximum absolute atomic E-state index is 5.03. The Balaban J connectivity index is 2.96. The van der Waals surface area contributed by atoms with Crippen molar-refractivity contribution >= 4 is 15.9 Å². The van der Waals surface area contributed by atoms with E-state index < -0.39 is 0 Å². The number of hydrogen-bond acceptors (Lipinski definition) is 2. The lowest BCUT2D eigenvalue weighted by molar-refractivity contribution is 0.364. The predicted octanol–water partition coefficient (Wildman–Crippen LogP) is 1.67. The summed E-state index contributed by atoms with van der Waals surface area (Å²) in [6.07, 6.45) is 0. The number of aromatic nitrogens is 2. The van der Waals surface area contributed by atoms with E-state index in [1.165, 1.54) is 0 Å². The van der Waals surface area contributed by atoms with Crippen molar-refractivity contribution in [3.63, 3.8) is 0 Å². The zero-order valence-corrected chi connectivity index (χ0v) is 7.55. The second-order valence-corrected chi connectivity index (χ2v) is 2.64. The molecule has 0 saturated carbocycles. The maximum atomic E-state index is 5.03. The Bertz CT molecular complexity index is 200. The highest BCUT2D eigenvalue weighted by Gasteiger charge is 2.02. The Hall–Kier alpha value is -0.510. The van der Waals surface area contributed by atoms with Crippen LogP contribution in [0.5, 0.6) is 5.88 Å². The number of nitrogens with zero attached hydrogens (tertiary/aromatic N) is 2. The number of methoxy groups -OCH3 is 1. The van der Waals surface area contributed by atoms with E-state index in [0.29, 0.717) is 0 Å². The molecular weight excluding hydrogens is 196 g/mol. The molecule has 0 radical (unpaired) electrons. The van der Waals surface area contributed by atoms with Gasteiger partial charge in [-0.1, -0.05) is 0 Å². The molecule has 0 atom stereocenters. The van der Waals surface area contributed by atoms with E-state index in [1.54, 1.807) is 11.8 Å². The van der Waals surface area contributed by atoms with Gasteiger partial charge in [-0.3, -0.25) is 0 Å². The van der Waals surface area contributed by atoms with Crippen molar-refractivity contribution < 1.29 is 4.74 Å². The van der Waals surface area contributed by atoms with E-state index in [0.717, 1.165) is 17.0 Å². The zero-order chi connectivity index (χ0) is 7.56. The van der Waals surface area contributed by atoms with Crippen LogP contribution in [-0.2, 0) is 6.54 Å². The molecule has 4 heteroatoms. The summed E-state index contributed by atoms with van der Waals surface area (Å²) in [6, 6.07) is 1.84. The van der Waals surface area contributed by atoms with Gasteiger partial charge in [0.2, 0.25) is 5.88 Å². The molecule has 0 saturated heterocycles. The van der Waals surface area contributed by atoms with Crippen molar-refractivity contribution in [2.24, 2.45) is 0 Å². The summed E-state index contributed by atoms with van der Waals surface area (Å²) < 4.78 is 7.62. The van der Waals surface area contributed by atoms with Gasteiger partial charge in [-0.05, 0) is 22.9 Å². The highest BCUT2D eigenvalue weighted by atomic mass is 79.9. The van der Waals surface area contributed by atoms with Crippen molar-refractivity contribution in [3.8, 4) is 5.88 Å². The predicted molar refractivity (Wildman–Crippen MR) is 42.2 cm³/mol. The molecule has 0 N–H and O–H groups in total. The zero-order valence-electron chi connectivity index (χ0n) is 5.97. The number of rotatable bonds is 2. The number of aryl methyl sites for hydroxylation is 1. The summed E-state index contributed by atoms with van der Waals surface area (Å²) in [6.45, 7) is 2.84. The van der Waals surface area contributed by atoms with Gasteiger partial charge in [0.25, 0.3) is 0 Å². The van der Waals surface area contributed by atoms with Crippen LogP contribution < -0.4 is 4.74 Å². The molecule has 1 aromatic rings. The van der Waals surface area contributed by atoms with Crippen molar-refractivity contribution in [2.75, 3.05) is 7.11 Å². The fraction of sp³-hybridized carbons (Fsp3) is 0.500. The van der Waals surface area contributed by atoms with E-state index in [-0.39, 0.29) is 0 Å². The largest absolute Gasteiger partial charge is 0.481 e. The van der Waals surface area contributed by atoms with Crippen LogP contribution in [0.2, 0.25) is 0 Å². The van der Waals surface area contributed by atoms with Crippen LogP contribution in [0.25, 0.3) is 0 Å². The van der Waals surface area contributed by atoms with Crippen LogP contribution in [-0.4, -0.2) is 16.9 Å². The third kappa shape index (κ3) is 1.31. The first-order valence-corrected chi connectivity index (χ1v) is 3.84. The van der Waals surface area contributed by atoms with Crippen molar-refractivity contribution in [1.82, 2.24) is 9.78 Å². The lowest BCUT2D eigenvalue weighted by atomic mass is 10.6. The van der Waals surface area contributed by atoms with Crippen LogP contribution in [0.1, 0.15) is 6.92 Å². The van der Waals surface area contributed by atoms with Gasteiger partial charge in [-0.15, -0.1) is 0 Å². The molecule has 0 aliphatic rings. The molecule has 0 bridgehead atoms. The van der Waals surface area contributed by atoms with Crippen LogP contribution in [0, 0.1) is 0 Å². The van der Waals surface area contributed by atoms with E-state index >= 15 is 0 Å². The highest BCUT2D eigenvalue weighted by Crippen LogP contribution is 2.16. The average Bonchev–Trinajstić information content (AvgIpc) is 2.30. The Labute approximate surface area is 68.1 Å². The van der Waals surface area contributed by atoms with Crippen molar-refractivity contribution in [1.29, 1.82) is 0 Å². The van der Waals surface area contributed by atoms with Crippen molar-refractivity contribution in [2.45, 2.75) is 13.5 Å². The first kappa shape index (κ1) is 7.60. The van der Waals surface area contributed by atoms with Gasteiger partial charge >= 0.3 is 0 Å². The van der Waals surface area contributed by atoms with Gasteiger partial charge in [-0.25, -0.2) is 4.68 Å². The summed E-state index contributed by atoms with van der Waals surface area (Å²) in [5.41, 5.74) is 0. The molecular formula is C6H9BrN2O. The van der Waals surface area contributed by atoms with Crippen LogP contribution in [0.4, 0.5) is 0 Å². The van der Waals surface area contributed by atoms with Crippen LogP contribution in [0.15, 0.2) is 10.7 Å². The molecule has 0 aromatic carbocycles. The summed E-state index contributed by atoms with van der Waals surface area (Å²) in [7, 11) is 1.63. The molecule has 3 nitrogen and oxygen atoms in total. The Morgan fingerprint density at radius 2 is 2.50 bits per heavy atom. The number of hydrogen-bond donors (Lipinski definition) is 0. The second-order valence-electron chi connectivity index (χ2n) is 1.83. The molecule has 1 rings (SSSR count). The minimum atomic E-state index is 0.786. The molecule has 1 aromatic heterocycles. The monoisotopic (exact) mass is 204 g/mol. The van der Waals surface area contributed by atoms with Gasteiger partial charge in [0.15, 0.2) is 0 Å². The Morgan fingerprint density at radius 3 is 2.90 bits per heavy atom. The topological polar surface area (TPSA) is 27.1 Å². The van der Waals surface area contributed by atoms with Gasteiger partial charge in [0, 0.05) is 12.6 Å². The van der Waals surface area contributed by atoms with Crippen molar-refractivity contribution in [3.05, 3.63) is 10.7 Å². The maximum Gasteiger partial charge on any atom is 0.212 e. The first-order chi connectivity index (χ1) is 4.77. The summed E-state index contributed by atoms with van der Waals surface area (Å²) in [5, 5.41) is 4.11. The molecule has 56 valence electrons. The van der Waals surface area contributed by atoms with Gasteiger partial charge in [0.05, 0.1) is 7.11 Å². The first-order valence-electron chi connectivity index (χ1n) is 3.05. The van der Waals surface area contributed by atoms with Gasteiger partial charge in [0.1, 0.15) is 4.60 Å². The molecule has 0 aliphatic heterocycles. The average molecular weight is 205 g/mol. The van der Waals surface area contributed by atoms with Gasteiger partial charge in [-0.2, -0.15) is 5.10 Å². The smallest absolute Gasteiger partial charge is 0.212 e. The summed E-state index contributed by atoms with van der Waals surface area (Å²) in [5.74, 6) is 0.786. The van der Waals surface area contributed by atoms with E-state index in [1.807, 2.05) is 13.0 Å². The number of halogens is 1. The third-order valence-electron chi connectivity index (χ3n) is 1.22. The molecule has 10 heavy (non-hydrogen) atoms. The van der Waals surface area contributed by atoms with E-state index in [4.69, 9.17) is 4.74 Å². The third-order valence-corrected chi connectivity index (χ3v) is 1.61. The molecule has 0 unspecified atom stereocenters. The normalized spacial score (nSPS) is 9.90. The molecule has 0 fully saturated rings. The highest BCUT2D eigenvalue weighted by molar-refractivity contribution is 9.10. The lowest BCUT2D eigenvalue weighted by Gasteiger charge is -1.99. The lowest BCUT2D eigenvalue weighted by Crippen LogP contribution is -1.99. The minimum absolute atomic E-state index is 0.786. The molecule has 1 heterocycles. The van der Waals surface area contributed by atoms with Crippen LogP contribution >= 0.6 is 15.9 Å². The SMILES string of the molecule is CCn1nc(Br)cc1OC. The summed E-state index contributed by atoms with van der Waals surface area (Å²) in [4.78, 5) is 0. The standard InChI is InChI=1S/C6H9BrN2O/c1-3-9-6(10-2)4-5(7)8-9/h4H,3H2,1-2H3. The fourth-order valence-electron chi connectivity index (χ4n) is 0.761. The molecule has 0 spiro atoms. The van der Waals surface area contributed by atoms with Crippen LogP contribution in [0.3, 0.4) is 0 Å². The minimum Gasteiger partial charge on any atom is -0.481 e. The Morgan fingerprint density at radius 1 is 1.80 bits per heavy atom. The molecule has 0 aliphatic carbocycles. The fourth-order valence-corrected chi connectivity index (χ4v) is 1.15. The van der Waals surface area contributed by atoms with E-state index in [9.17, 15) is 0 Å². The Kier molecular flexibility index (Phi) is 2.32. The van der Waals surface area contributed by atoms with Gasteiger partial charge < -0.3 is 4.74 Å². The quantitative estimate of drug-likeness (QED) is 0.734. The van der Waals surface area contributed by atoms with E-state index in [2.05, 4.69) is 21.0 Å². The summed E-state index contributed by atoms with van der Waals surface area (Å²) >= 11 is 3.25. The molecule has 0 amide bonds. The number of ether oxygens (including phenoxy) is 1.